The van der Waals surface area contributed by atoms with Crippen molar-refractivity contribution in [3.8, 4) is 0 Å². The molecule has 0 amide bonds. The first kappa shape index (κ1) is 14.7. The van der Waals surface area contributed by atoms with E-state index in [4.69, 9.17) is 0 Å². The highest BCUT2D eigenvalue weighted by Gasteiger charge is 2.13. The minimum atomic E-state index is -3.02. The summed E-state index contributed by atoms with van der Waals surface area (Å²) in [5, 5.41) is 0. The van der Waals surface area contributed by atoms with Gasteiger partial charge in [-0.25, -0.2) is 13.1 Å². The summed E-state index contributed by atoms with van der Waals surface area (Å²) in [6.07, 6.45) is 0. The summed E-state index contributed by atoms with van der Waals surface area (Å²) in [4.78, 5) is 0. The van der Waals surface area contributed by atoms with Gasteiger partial charge in [-0.2, -0.15) is 0 Å². The Morgan fingerprint density at radius 1 is 1.25 bits per heavy atom. The van der Waals surface area contributed by atoms with Crippen LogP contribution in [0.25, 0.3) is 0 Å². The molecule has 0 spiro atoms. The van der Waals surface area contributed by atoms with E-state index in [1.165, 1.54) is 7.05 Å². The molecule has 0 unspecified atom stereocenters. The fraction of sp³-hybridized carbons (Fsp3) is 1.00. The fourth-order valence-corrected chi connectivity index (χ4v) is 1.49. The number of quaternary nitrogens is 1. The van der Waals surface area contributed by atoms with Gasteiger partial charge in [0.1, 0.15) is 5.75 Å². The Morgan fingerprint density at radius 3 is 1.92 bits per heavy atom. The molecule has 0 rings (SSSR count). The predicted molar refractivity (Wildman–Crippen MR) is 45.7 cm³/mol. The van der Waals surface area contributed by atoms with Crippen molar-refractivity contribution in [2.75, 3.05) is 40.5 Å². The van der Waals surface area contributed by atoms with Crippen LogP contribution in [0.15, 0.2) is 0 Å². The van der Waals surface area contributed by atoms with Gasteiger partial charge in [0.15, 0.2) is 0 Å². The molecule has 0 bridgehead atoms. The number of sulfonamides is 1. The molecule has 0 fully saturated rings. The monoisotopic (exact) mass is 216 g/mol. The van der Waals surface area contributed by atoms with Crippen LogP contribution in [0.3, 0.4) is 0 Å². The highest BCUT2D eigenvalue weighted by molar-refractivity contribution is 7.89. The van der Waals surface area contributed by atoms with Gasteiger partial charge in [-0.05, 0) is 7.05 Å². The standard InChI is InChI=1S/C6H17N2O2S.ClH/c1-7-11(9,10)6-5-8(2,3)4;/h7H,5-6H2,1-4H3;1H/q+1;/p-1. The summed E-state index contributed by atoms with van der Waals surface area (Å²) >= 11 is 0. The fourth-order valence-electron chi connectivity index (χ4n) is 0.496. The van der Waals surface area contributed by atoms with Crippen LogP contribution in [-0.4, -0.2) is 53.4 Å². The molecule has 12 heavy (non-hydrogen) atoms. The number of hydrogen-bond acceptors (Lipinski definition) is 2. The average molecular weight is 217 g/mol. The van der Waals surface area contributed by atoms with E-state index in [1.54, 1.807) is 0 Å². The first-order valence-electron chi connectivity index (χ1n) is 3.48. The average Bonchev–Trinajstić information content (AvgIpc) is 1.83. The maximum Gasteiger partial charge on any atom is 0.216 e. The zero-order chi connectivity index (χ0) is 9.12. The van der Waals surface area contributed by atoms with Crippen molar-refractivity contribution >= 4 is 10.0 Å². The number of nitrogens with one attached hydrogen (secondary N) is 1. The van der Waals surface area contributed by atoms with Crippen LogP contribution < -0.4 is 17.1 Å². The molecule has 0 aliphatic heterocycles. The molecular weight excluding hydrogens is 200 g/mol. The van der Waals surface area contributed by atoms with Gasteiger partial charge in [0.05, 0.1) is 27.7 Å². The van der Waals surface area contributed by atoms with Crippen molar-refractivity contribution < 1.29 is 25.3 Å². The third-order valence-electron chi connectivity index (χ3n) is 1.34. The van der Waals surface area contributed by atoms with Gasteiger partial charge in [0.2, 0.25) is 10.0 Å². The molecular formula is C6H17ClN2O2S. The zero-order valence-electron chi connectivity index (χ0n) is 7.96. The summed E-state index contributed by atoms with van der Waals surface area (Å²) in [5.41, 5.74) is 0. The lowest BCUT2D eigenvalue weighted by Crippen LogP contribution is -3.00. The Bertz CT molecular complexity index is 208. The van der Waals surface area contributed by atoms with Gasteiger partial charge < -0.3 is 16.9 Å². The van der Waals surface area contributed by atoms with Crippen molar-refractivity contribution in [1.82, 2.24) is 4.72 Å². The van der Waals surface area contributed by atoms with Crippen LogP contribution in [-0.2, 0) is 10.0 Å². The maximum absolute atomic E-state index is 10.9. The van der Waals surface area contributed by atoms with Gasteiger partial charge in [0.25, 0.3) is 0 Å². The van der Waals surface area contributed by atoms with Gasteiger partial charge in [-0.1, -0.05) is 0 Å². The van der Waals surface area contributed by atoms with E-state index < -0.39 is 10.0 Å². The lowest BCUT2D eigenvalue weighted by molar-refractivity contribution is -0.867. The summed E-state index contributed by atoms with van der Waals surface area (Å²) in [6, 6.07) is 0. The third kappa shape index (κ3) is 8.26. The first-order valence-corrected chi connectivity index (χ1v) is 5.14. The molecule has 0 heterocycles. The Labute approximate surface area is 81.0 Å². The molecule has 0 aromatic carbocycles. The van der Waals surface area contributed by atoms with Crippen molar-refractivity contribution in [2.24, 2.45) is 0 Å². The second kappa shape index (κ2) is 5.01. The summed E-state index contributed by atoms with van der Waals surface area (Å²) < 4.78 is 24.8. The van der Waals surface area contributed by atoms with E-state index in [0.717, 1.165) is 0 Å². The quantitative estimate of drug-likeness (QED) is 0.491. The molecule has 76 valence electrons. The minimum Gasteiger partial charge on any atom is -1.00 e. The van der Waals surface area contributed by atoms with E-state index in [-0.39, 0.29) is 18.2 Å². The molecule has 0 radical (unpaired) electrons. The topological polar surface area (TPSA) is 46.2 Å². The Balaban J connectivity index is 0. The number of rotatable bonds is 4. The minimum absolute atomic E-state index is 0. The van der Waals surface area contributed by atoms with Gasteiger partial charge in [0, 0.05) is 0 Å². The number of halogens is 1. The van der Waals surface area contributed by atoms with Gasteiger partial charge >= 0.3 is 0 Å². The van der Waals surface area contributed by atoms with E-state index in [1.807, 2.05) is 21.1 Å². The van der Waals surface area contributed by atoms with E-state index in [2.05, 4.69) is 4.72 Å². The molecule has 0 saturated heterocycles. The first-order chi connectivity index (χ1) is 4.77. The van der Waals surface area contributed by atoms with Crippen LogP contribution in [0.4, 0.5) is 0 Å². The van der Waals surface area contributed by atoms with Gasteiger partial charge in [-0.15, -0.1) is 0 Å². The van der Waals surface area contributed by atoms with Crippen LogP contribution in [0, 0.1) is 0 Å². The van der Waals surface area contributed by atoms with E-state index >= 15 is 0 Å². The molecule has 6 heteroatoms. The van der Waals surface area contributed by atoms with E-state index in [0.29, 0.717) is 11.0 Å². The normalized spacial score (nSPS) is 12.3. The molecule has 0 aromatic rings. The summed E-state index contributed by atoms with van der Waals surface area (Å²) in [7, 11) is 4.31. The molecule has 0 aromatic heterocycles. The Hall–Kier alpha value is 0.160. The van der Waals surface area contributed by atoms with Crippen molar-refractivity contribution in [1.29, 1.82) is 0 Å². The van der Waals surface area contributed by atoms with Crippen LogP contribution in [0.2, 0.25) is 0 Å². The summed E-state index contributed by atoms with van der Waals surface area (Å²) in [6.45, 7) is 0.628. The summed E-state index contributed by atoms with van der Waals surface area (Å²) in [5.74, 6) is 0.188. The van der Waals surface area contributed by atoms with Gasteiger partial charge in [-0.3, -0.25) is 0 Å². The third-order valence-corrected chi connectivity index (χ3v) is 2.68. The Kier molecular flexibility index (Phi) is 6.13. The molecule has 0 aliphatic rings. The molecule has 0 atom stereocenters. The molecule has 1 N–H and O–H groups in total. The molecule has 4 nitrogen and oxygen atoms in total. The van der Waals surface area contributed by atoms with E-state index in [9.17, 15) is 8.42 Å². The molecule has 0 aliphatic carbocycles. The zero-order valence-corrected chi connectivity index (χ0v) is 9.54. The van der Waals surface area contributed by atoms with Crippen LogP contribution in [0.1, 0.15) is 0 Å². The maximum atomic E-state index is 10.9. The second-order valence-electron chi connectivity index (χ2n) is 3.54. The predicted octanol–water partition coefficient (Wildman–Crippen LogP) is -3.75. The van der Waals surface area contributed by atoms with Crippen molar-refractivity contribution in [3.05, 3.63) is 0 Å². The largest absolute Gasteiger partial charge is 1.00 e. The van der Waals surface area contributed by atoms with Crippen molar-refractivity contribution in [2.45, 2.75) is 0 Å². The number of hydrogen-bond donors (Lipinski definition) is 1. The number of nitrogens with zero attached hydrogens (tertiary/aromatic N) is 1. The van der Waals surface area contributed by atoms with Crippen LogP contribution >= 0.6 is 0 Å². The lowest BCUT2D eigenvalue weighted by Gasteiger charge is -2.23. The highest BCUT2D eigenvalue weighted by atomic mass is 35.5. The Morgan fingerprint density at radius 2 is 1.67 bits per heavy atom. The van der Waals surface area contributed by atoms with Crippen LogP contribution in [0.5, 0.6) is 0 Å². The van der Waals surface area contributed by atoms with Crippen molar-refractivity contribution in [3.63, 3.8) is 0 Å². The highest BCUT2D eigenvalue weighted by Crippen LogP contribution is 1.91. The molecule has 0 saturated carbocycles. The smallest absolute Gasteiger partial charge is 0.216 e. The SMILES string of the molecule is CNS(=O)(=O)CC[N+](C)(C)C.[Cl-]. The second-order valence-corrected chi connectivity index (χ2v) is 5.58. The lowest BCUT2D eigenvalue weighted by atomic mass is 10.6.